The summed E-state index contributed by atoms with van der Waals surface area (Å²) in [6, 6.07) is 15.6. The fourth-order valence-corrected chi connectivity index (χ4v) is 2.20. The first-order chi connectivity index (χ1) is 11.1. The standard InChI is InChI=1S/C17H14ClN3O2/c18-14-7-3-2-6-13(14)17(23)20-11-12-5-1-4-8-15(12)21-16(22)9-10-19/h1-8H,9,11H2,(H,20,23)(H,21,22). The molecule has 2 aromatic rings. The minimum atomic E-state index is -0.391. The molecule has 0 saturated heterocycles. The number of amides is 2. The highest BCUT2D eigenvalue weighted by atomic mass is 35.5. The van der Waals surface area contributed by atoms with Crippen LogP contribution in [0.15, 0.2) is 48.5 Å². The zero-order valence-corrected chi connectivity index (χ0v) is 12.9. The van der Waals surface area contributed by atoms with Gasteiger partial charge in [0, 0.05) is 12.2 Å². The lowest BCUT2D eigenvalue weighted by molar-refractivity contribution is -0.115. The molecule has 5 nitrogen and oxygen atoms in total. The Morgan fingerprint density at radius 3 is 2.52 bits per heavy atom. The highest BCUT2D eigenvalue weighted by molar-refractivity contribution is 6.33. The van der Waals surface area contributed by atoms with Crippen molar-refractivity contribution in [3.8, 4) is 6.07 Å². The smallest absolute Gasteiger partial charge is 0.253 e. The zero-order chi connectivity index (χ0) is 16.7. The van der Waals surface area contributed by atoms with E-state index in [4.69, 9.17) is 16.9 Å². The second kappa shape index (κ2) is 7.97. The van der Waals surface area contributed by atoms with Gasteiger partial charge < -0.3 is 10.6 Å². The van der Waals surface area contributed by atoms with Crippen LogP contribution in [0.4, 0.5) is 5.69 Å². The molecule has 0 aliphatic carbocycles. The van der Waals surface area contributed by atoms with Crippen LogP contribution in [0.2, 0.25) is 5.02 Å². The lowest BCUT2D eigenvalue weighted by Crippen LogP contribution is -2.24. The molecule has 0 unspecified atom stereocenters. The van der Waals surface area contributed by atoms with Crippen molar-refractivity contribution in [1.29, 1.82) is 5.26 Å². The van der Waals surface area contributed by atoms with E-state index in [1.165, 1.54) is 0 Å². The third-order valence-corrected chi connectivity index (χ3v) is 3.42. The number of carbonyl (C=O) groups excluding carboxylic acids is 2. The molecule has 2 N–H and O–H groups in total. The highest BCUT2D eigenvalue weighted by Gasteiger charge is 2.11. The van der Waals surface area contributed by atoms with Crippen molar-refractivity contribution < 1.29 is 9.59 Å². The number of para-hydroxylation sites is 1. The number of anilines is 1. The number of hydrogen-bond acceptors (Lipinski definition) is 3. The van der Waals surface area contributed by atoms with Gasteiger partial charge in [-0.25, -0.2) is 0 Å². The first kappa shape index (κ1) is 16.5. The summed E-state index contributed by atoms with van der Waals surface area (Å²) in [7, 11) is 0. The molecule has 0 heterocycles. The molecule has 116 valence electrons. The summed E-state index contributed by atoms with van der Waals surface area (Å²) < 4.78 is 0. The highest BCUT2D eigenvalue weighted by Crippen LogP contribution is 2.17. The maximum atomic E-state index is 12.1. The third-order valence-electron chi connectivity index (χ3n) is 3.09. The molecule has 0 radical (unpaired) electrons. The minimum absolute atomic E-state index is 0.222. The first-order valence-electron chi connectivity index (χ1n) is 6.89. The molecule has 0 spiro atoms. The van der Waals surface area contributed by atoms with E-state index in [2.05, 4.69) is 10.6 Å². The van der Waals surface area contributed by atoms with Crippen LogP contribution in [-0.4, -0.2) is 11.8 Å². The topological polar surface area (TPSA) is 82.0 Å². The zero-order valence-electron chi connectivity index (χ0n) is 12.2. The van der Waals surface area contributed by atoms with Crippen molar-refractivity contribution in [1.82, 2.24) is 5.32 Å². The summed E-state index contributed by atoms with van der Waals surface area (Å²) in [5.74, 6) is -0.689. The molecular formula is C17H14ClN3O2. The van der Waals surface area contributed by atoms with Crippen LogP contribution >= 0.6 is 11.6 Å². The van der Waals surface area contributed by atoms with Crippen LogP contribution < -0.4 is 10.6 Å². The Morgan fingerprint density at radius 2 is 1.78 bits per heavy atom. The van der Waals surface area contributed by atoms with Crippen molar-refractivity contribution >= 4 is 29.1 Å². The summed E-state index contributed by atoms with van der Waals surface area (Å²) in [6.07, 6.45) is -0.222. The van der Waals surface area contributed by atoms with E-state index in [1.54, 1.807) is 54.6 Å². The lowest BCUT2D eigenvalue weighted by Gasteiger charge is -2.11. The molecule has 0 atom stereocenters. The summed E-state index contributed by atoms with van der Waals surface area (Å²) in [5, 5.41) is 14.3. The van der Waals surface area contributed by atoms with E-state index in [1.807, 2.05) is 0 Å². The van der Waals surface area contributed by atoms with Crippen LogP contribution in [0.25, 0.3) is 0 Å². The average molecular weight is 328 g/mol. The van der Waals surface area contributed by atoms with Crippen molar-refractivity contribution in [2.45, 2.75) is 13.0 Å². The number of hydrogen-bond donors (Lipinski definition) is 2. The van der Waals surface area contributed by atoms with Gasteiger partial charge in [0.05, 0.1) is 16.7 Å². The normalized spacial score (nSPS) is 9.74. The largest absolute Gasteiger partial charge is 0.348 e. The molecule has 0 bridgehead atoms. The van der Waals surface area contributed by atoms with E-state index in [0.717, 1.165) is 5.56 Å². The van der Waals surface area contributed by atoms with Gasteiger partial charge in [0.2, 0.25) is 5.91 Å². The maximum Gasteiger partial charge on any atom is 0.253 e. The number of carbonyl (C=O) groups is 2. The number of nitrogens with one attached hydrogen (secondary N) is 2. The van der Waals surface area contributed by atoms with Gasteiger partial charge in [-0.1, -0.05) is 41.9 Å². The maximum absolute atomic E-state index is 12.1. The Balaban J connectivity index is 2.06. The Bertz CT molecular complexity index is 768. The molecule has 2 amide bonds. The molecule has 2 rings (SSSR count). The van der Waals surface area contributed by atoms with Crippen molar-refractivity contribution in [2.24, 2.45) is 0 Å². The summed E-state index contributed by atoms with van der Waals surface area (Å²) >= 11 is 5.99. The van der Waals surface area contributed by atoms with E-state index in [9.17, 15) is 9.59 Å². The van der Waals surface area contributed by atoms with Gasteiger partial charge in [-0.3, -0.25) is 9.59 Å². The summed E-state index contributed by atoms with van der Waals surface area (Å²) in [5.41, 5.74) is 1.69. The monoisotopic (exact) mass is 327 g/mol. The molecule has 0 aliphatic rings. The molecule has 6 heteroatoms. The number of nitriles is 1. The fraction of sp³-hybridized carbons (Fsp3) is 0.118. The van der Waals surface area contributed by atoms with Gasteiger partial charge in [-0.2, -0.15) is 5.26 Å². The van der Waals surface area contributed by atoms with Crippen molar-refractivity contribution in [2.75, 3.05) is 5.32 Å². The Labute approximate surface area is 138 Å². The second-order valence-corrected chi connectivity index (χ2v) is 5.11. The average Bonchev–Trinajstić information content (AvgIpc) is 2.54. The van der Waals surface area contributed by atoms with Gasteiger partial charge in [-0.05, 0) is 23.8 Å². The number of rotatable bonds is 5. The van der Waals surface area contributed by atoms with E-state index in [-0.39, 0.29) is 18.9 Å². The number of benzene rings is 2. The van der Waals surface area contributed by atoms with Gasteiger partial charge >= 0.3 is 0 Å². The molecule has 0 aromatic heterocycles. The lowest BCUT2D eigenvalue weighted by atomic mass is 10.1. The number of halogens is 1. The van der Waals surface area contributed by atoms with Gasteiger partial charge in [-0.15, -0.1) is 0 Å². The van der Waals surface area contributed by atoms with Crippen LogP contribution in [0.3, 0.4) is 0 Å². The summed E-state index contributed by atoms with van der Waals surface area (Å²) in [6.45, 7) is 0.229. The summed E-state index contributed by atoms with van der Waals surface area (Å²) in [4.78, 5) is 23.7. The van der Waals surface area contributed by atoms with Crippen LogP contribution in [0, 0.1) is 11.3 Å². The third kappa shape index (κ3) is 4.56. The van der Waals surface area contributed by atoms with Gasteiger partial charge in [0.15, 0.2) is 0 Å². The quantitative estimate of drug-likeness (QED) is 0.885. The molecule has 0 saturated carbocycles. The Kier molecular flexibility index (Phi) is 5.73. The fourth-order valence-electron chi connectivity index (χ4n) is 1.98. The second-order valence-electron chi connectivity index (χ2n) is 4.70. The first-order valence-corrected chi connectivity index (χ1v) is 7.27. The predicted octanol–water partition coefficient (Wildman–Crippen LogP) is 3.12. The van der Waals surface area contributed by atoms with Crippen molar-refractivity contribution in [3.63, 3.8) is 0 Å². The molecule has 23 heavy (non-hydrogen) atoms. The molecule has 0 fully saturated rings. The van der Waals surface area contributed by atoms with Gasteiger partial charge in [0.25, 0.3) is 5.91 Å². The van der Waals surface area contributed by atoms with Gasteiger partial charge in [0.1, 0.15) is 6.42 Å². The Morgan fingerprint density at radius 1 is 1.09 bits per heavy atom. The van der Waals surface area contributed by atoms with Crippen LogP contribution in [0.1, 0.15) is 22.3 Å². The molecular weight excluding hydrogens is 314 g/mol. The van der Waals surface area contributed by atoms with E-state index >= 15 is 0 Å². The number of nitrogens with zero attached hydrogens (tertiary/aromatic N) is 1. The molecule has 2 aromatic carbocycles. The van der Waals surface area contributed by atoms with E-state index < -0.39 is 5.91 Å². The molecule has 0 aliphatic heterocycles. The minimum Gasteiger partial charge on any atom is -0.348 e. The van der Waals surface area contributed by atoms with Crippen LogP contribution in [0.5, 0.6) is 0 Å². The van der Waals surface area contributed by atoms with Crippen molar-refractivity contribution in [3.05, 3.63) is 64.7 Å². The SMILES string of the molecule is N#CCC(=O)Nc1ccccc1CNC(=O)c1ccccc1Cl. The van der Waals surface area contributed by atoms with Crippen LogP contribution in [-0.2, 0) is 11.3 Å². The Hall–Kier alpha value is -2.84. The van der Waals surface area contributed by atoms with E-state index in [0.29, 0.717) is 16.3 Å². The predicted molar refractivity (Wildman–Crippen MR) is 87.9 cm³/mol.